The molecular weight excluding hydrogens is 266 g/mol. The van der Waals surface area contributed by atoms with Crippen molar-refractivity contribution in [3.05, 3.63) is 34.9 Å². The van der Waals surface area contributed by atoms with Crippen LogP contribution in [0, 0.1) is 5.92 Å². The molecule has 1 aromatic carbocycles. The summed E-state index contributed by atoms with van der Waals surface area (Å²) in [6, 6.07) is 8.48. The van der Waals surface area contributed by atoms with Gasteiger partial charge < -0.3 is 5.32 Å². The Balaban J connectivity index is 2.93. The van der Waals surface area contributed by atoms with E-state index in [9.17, 15) is 0 Å². The van der Waals surface area contributed by atoms with E-state index in [0.29, 0.717) is 5.92 Å². The van der Waals surface area contributed by atoms with Crippen molar-refractivity contribution in [1.82, 2.24) is 5.32 Å². The molecule has 1 nitrogen and oxygen atoms in total. The molecule has 0 atom stereocenters. The van der Waals surface area contributed by atoms with Crippen LogP contribution in [0.2, 0.25) is 5.02 Å². The fourth-order valence-corrected chi connectivity index (χ4v) is 3.18. The molecule has 0 saturated heterocycles. The van der Waals surface area contributed by atoms with E-state index in [1.807, 2.05) is 12.1 Å². The van der Waals surface area contributed by atoms with E-state index in [-0.39, 0.29) is 5.41 Å². The van der Waals surface area contributed by atoms with E-state index in [0.717, 1.165) is 18.1 Å². The van der Waals surface area contributed by atoms with Gasteiger partial charge in [-0.25, -0.2) is 0 Å². The average Bonchev–Trinajstić information content (AvgIpc) is 2.39. The smallest absolute Gasteiger partial charge is 0.0406 e. The number of nitrogens with one attached hydrogen (secondary N) is 1. The highest BCUT2D eigenvalue weighted by Gasteiger charge is 2.30. The van der Waals surface area contributed by atoms with E-state index in [4.69, 9.17) is 11.6 Å². The van der Waals surface area contributed by atoms with Crippen molar-refractivity contribution in [3.63, 3.8) is 0 Å². The summed E-state index contributed by atoms with van der Waals surface area (Å²) in [6.45, 7) is 11.2. The Kier molecular flexibility index (Phi) is 7.61. The average molecular weight is 296 g/mol. The third-order valence-corrected chi connectivity index (χ3v) is 4.18. The third-order valence-electron chi connectivity index (χ3n) is 3.93. The molecule has 0 amide bonds. The molecule has 114 valence electrons. The topological polar surface area (TPSA) is 12.0 Å². The van der Waals surface area contributed by atoms with Crippen LogP contribution in [0.25, 0.3) is 0 Å². The standard InChI is InChI=1S/C18H30ClN/c1-5-11-18(12-6-2,14-20-13-15(3)4)16-7-9-17(19)10-8-16/h7-10,15,20H,5-6,11-14H2,1-4H3. The van der Waals surface area contributed by atoms with Gasteiger partial charge in [0.15, 0.2) is 0 Å². The number of halogens is 1. The third kappa shape index (κ3) is 5.10. The number of rotatable bonds is 9. The fourth-order valence-electron chi connectivity index (χ4n) is 3.05. The monoisotopic (exact) mass is 295 g/mol. The zero-order valence-electron chi connectivity index (χ0n) is 13.5. The maximum Gasteiger partial charge on any atom is 0.0406 e. The van der Waals surface area contributed by atoms with Gasteiger partial charge in [-0.2, -0.15) is 0 Å². The zero-order valence-corrected chi connectivity index (χ0v) is 14.3. The summed E-state index contributed by atoms with van der Waals surface area (Å²) in [4.78, 5) is 0. The first-order valence-corrected chi connectivity index (χ1v) is 8.38. The summed E-state index contributed by atoms with van der Waals surface area (Å²) < 4.78 is 0. The SMILES string of the molecule is CCCC(CCC)(CNCC(C)C)c1ccc(Cl)cc1. The summed E-state index contributed by atoms with van der Waals surface area (Å²) in [5.74, 6) is 0.696. The number of hydrogen-bond acceptors (Lipinski definition) is 1. The van der Waals surface area contributed by atoms with Crippen molar-refractivity contribution >= 4 is 11.6 Å². The Bertz CT molecular complexity index is 364. The van der Waals surface area contributed by atoms with Gasteiger partial charge in [0, 0.05) is 17.0 Å². The van der Waals surface area contributed by atoms with Gasteiger partial charge in [0.25, 0.3) is 0 Å². The summed E-state index contributed by atoms with van der Waals surface area (Å²) in [6.07, 6.45) is 4.89. The maximum absolute atomic E-state index is 6.05. The van der Waals surface area contributed by atoms with E-state index < -0.39 is 0 Å². The first-order valence-electron chi connectivity index (χ1n) is 8.01. The normalized spacial score (nSPS) is 12.1. The highest BCUT2D eigenvalue weighted by molar-refractivity contribution is 6.30. The van der Waals surface area contributed by atoms with Crippen LogP contribution in [0.3, 0.4) is 0 Å². The predicted molar refractivity (Wildman–Crippen MR) is 90.7 cm³/mol. The Labute approximate surface area is 130 Å². The first kappa shape index (κ1) is 17.5. The fraction of sp³-hybridized carbons (Fsp3) is 0.667. The lowest BCUT2D eigenvalue weighted by Gasteiger charge is -2.35. The van der Waals surface area contributed by atoms with Crippen molar-refractivity contribution in [2.75, 3.05) is 13.1 Å². The zero-order chi connectivity index (χ0) is 15.0. The minimum absolute atomic E-state index is 0.253. The van der Waals surface area contributed by atoms with Crippen LogP contribution in [0.15, 0.2) is 24.3 Å². The molecule has 1 N–H and O–H groups in total. The number of hydrogen-bond donors (Lipinski definition) is 1. The van der Waals surface area contributed by atoms with Gasteiger partial charge in [-0.15, -0.1) is 0 Å². The van der Waals surface area contributed by atoms with Gasteiger partial charge in [0.2, 0.25) is 0 Å². The highest BCUT2D eigenvalue weighted by atomic mass is 35.5. The highest BCUT2D eigenvalue weighted by Crippen LogP contribution is 2.34. The molecule has 0 aromatic heterocycles. The maximum atomic E-state index is 6.05. The number of benzene rings is 1. The molecule has 0 radical (unpaired) electrons. The van der Waals surface area contributed by atoms with Crippen molar-refractivity contribution in [3.8, 4) is 0 Å². The van der Waals surface area contributed by atoms with Crippen LogP contribution in [0.5, 0.6) is 0 Å². The molecule has 1 aromatic rings. The van der Waals surface area contributed by atoms with Crippen molar-refractivity contribution < 1.29 is 0 Å². The predicted octanol–water partition coefficient (Wildman–Crippen LogP) is 5.42. The van der Waals surface area contributed by atoms with Gasteiger partial charge >= 0.3 is 0 Å². The first-order chi connectivity index (χ1) is 9.54. The van der Waals surface area contributed by atoms with E-state index in [1.165, 1.54) is 31.2 Å². The molecule has 0 heterocycles. The molecule has 0 bridgehead atoms. The van der Waals surface area contributed by atoms with Gasteiger partial charge in [-0.1, -0.05) is 64.3 Å². The molecule has 1 rings (SSSR count). The Morgan fingerprint density at radius 1 is 1.05 bits per heavy atom. The molecule has 20 heavy (non-hydrogen) atoms. The van der Waals surface area contributed by atoms with Crippen LogP contribution in [0.4, 0.5) is 0 Å². The summed E-state index contributed by atoms with van der Waals surface area (Å²) in [5, 5.41) is 4.50. The van der Waals surface area contributed by atoms with E-state index in [1.54, 1.807) is 0 Å². The van der Waals surface area contributed by atoms with Crippen LogP contribution >= 0.6 is 11.6 Å². The lowest BCUT2D eigenvalue weighted by atomic mass is 9.73. The quantitative estimate of drug-likeness (QED) is 0.641. The van der Waals surface area contributed by atoms with Crippen molar-refractivity contribution in [2.24, 2.45) is 5.92 Å². The van der Waals surface area contributed by atoms with Crippen LogP contribution in [-0.4, -0.2) is 13.1 Å². The minimum atomic E-state index is 0.253. The summed E-state index contributed by atoms with van der Waals surface area (Å²) >= 11 is 6.05. The lowest BCUT2D eigenvalue weighted by molar-refractivity contribution is 0.328. The van der Waals surface area contributed by atoms with E-state index >= 15 is 0 Å². The van der Waals surface area contributed by atoms with Gasteiger partial charge in [-0.05, 0) is 43.0 Å². The lowest BCUT2D eigenvalue weighted by Crippen LogP contribution is -2.39. The van der Waals surface area contributed by atoms with Crippen LogP contribution < -0.4 is 5.32 Å². The largest absolute Gasteiger partial charge is 0.316 e. The second-order valence-corrected chi connectivity index (χ2v) is 6.75. The molecule has 0 aliphatic rings. The van der Waals surface area contributed by atoms with Crippen LogP contribution in [-0.2, 0) is 5.41 Å². The van der Waals surface area contributed by atoms with Crippen molar-refractivity contribution in [1.29, 1.82) is 0 Å². The van der Waals surface area contributed by atoms with Gasteiger partial charge in [-0.3, -0.25) is 0 Å². The second kappa shape index (κ2) is 8.69. The van der Waals surface area contributed by atoms with Crippen molar-refractivity contribution in [2.45, 2.75) is 58.8 Å². The Morgan fingerprint density at radius 3 is 2.05 bits per heavy atom. The molecule has 0 fully saturated rings. The Morgan fingerprint density at radius 2 is 1.60 bits per heavy atom. The Hall–Kier alpha value is -0.530. The van der Waals surface area contributed by atoms with Crippen LogP contribution in [0.1, 0.15) is 58.9 Å². The molecular formula is C18H30ClN. The second-order valence-electron chi connectivity index (χ2n) is 6.31. The summed E-state index contributed by atoms with van der Waals surface area (Å²) in [7, 11) is 0. The minimum Gasteiger partial charge on any atom is -0.316 e. The van der Waals surface area contributed by atoms with Gasteiger partial charge in [0.1, 0.15) is 0 Å². The molecule has 0 aliphatic heterocycles. The van der Waals surface area contributed by atoms with Gasteiger partial charge in [0.05, 0.1) is 0 Å². The molecule has 0 unspecified atom stereocenters. The molecule has 2 heteroatoms. The molecule has 0 aliphatic carbocycles. The molecule has 0 spiro atoms. The molecule has 0 saturated carbocycles. The summed E-state index contributed by atoms with van der Waals surface area (Å²) in [5.41, 5.74) is 1.69. The van der Waals surface area contributed by atoms with E-state index in [2.05, 4.69) is 45.1 Å².